The Hall–Kier alpha value is -2.50. The van der Waals surface area contributed by atoms with E-state index in [2.05, 4.69) is 15.0 Å². The van der Waals surface area contributed by atoms with Crippen molar-refractivity contribution in [1.29, 1.82) is 0 Å². The fourth-order valence-electron chi connectivity index (χ4n) is 1.44. The van der Waals surface area contributed by atoms with Crippen LogP contribution in [-0.2, 0) is 6.54 Å². The van der Waals surface area contributed by atoms with E-state index in [0.29, 0.717) is 12.4 Å². The third-order valence-corrected chi connectivity index (χ3v) is 2.37. The monoisotopic (exact) mass is 244 g/mol. The Morgan fingerprint density at radius 2 is 2.11 bits per heavy atom. The van der Waals surface area contributed by atoms with Gasteiger partial charge < -0.3 is 10.0 Å². The van der Waals surface area contributed by atoms with Crippen molar-refractivity contribution in [2.75, 3.05) is 11.9 Å². The van der Waals surface area contributed by atoms with Gasteiger partial charge in [0.05, 0.1) is 24.6 Å². The maximum atomic E-state index is 10.6. The second kappa shape index (κ2) is 5.22. The molecule has 6 heteroatoms. The molecular weight excluding hydrogens is 232 g/mol. The molecule has 0 radical (unpaired) electrons. The molecule has 2 aromatic rings. The first-order chi connectivity index (χ1) is 8.66. The number of hydrogen-bond donors (Lipinski definition) is 1. The van der Waals surface area contributed by atoms with Crippen LogP contribution >= 0.6 is 0 Å². The minimum Gasteiger partial charge on any atom is -0.476 e. The average molecular weight is 244 g/mol. The molecule has 0 aliphatic rings. The summed E-state index contributed by atoms with van der Waals surface area (Å²) in [5.41, 5.74) is 0.842. The van der Waals surface area contributed by atoms with Crippen LogP contribution in [0.3, 0.4) is 0 Å². The summed E-state index contributed by atoms with van der Waals surface area (Å²) in [5, 5.41) is 8.72. The van der Waals surface area contributed by atoms with E-state index in [0.717, 1.165) is 5.69 Å². The van der Waals surface area contributed by atoms with Crippen LogP contribution in [0.1, 0.15) is 16.2 Å². The molecule has 0 fully saturated rings. The Balaban J connectivity index is 2.09. The Kier molecular flexibility index (Phi) is 3.47. The lowest BCUT2D eigenvalue weighted by molar-refractivity contribution is 0.0690. The fourth-order valence-corrected chi connectivity index (χ4v) is 1.44. The number of carbonyl (C=O) groups is 1. The largest absolute Gasteiger partial charge is 0.476 e. The maximum Gasteiger partial charge on any atom is 0.356 e. The molecule has 0 spiro atoms. The standard InChI is InChI=1S/C12H12N4O2/c1-16(8-9-4-2-3-5-13-9)11-7-14-10(6-15-11)12(17)18/h2-7H,8H2,1H3,(H,17,18). The Morgan fingerprint density at radius 3 is 2.67 bits per heavy atom. The molecule has 0 unspecified atom stereocenters. The maximum absolute atomic E-state index is 10.6. The van der Waals surface area contributed by atoms with Gasteiger partial charge in [0.15, 0.2) is 5.69 Å². The molecule has 1 N–H and O–H groups in total. The van der Waals surface area contributed by atoms with Gasteiger partial charge in [0.25, 0.3) is 0 Å². The third kappa shape index (κ3) is 2.79. The summed E-state index contributed by atoms with van der Waals surface area (Å²) in [5.74, 6) is -0.480. The number of aromatic nitrogens is 3. The number of carboxylic acid groups (broad SMARTS) is 1. The zero-order chi connectivity index (χ0) is 13.0. The normalized spacial score (nSPS) is 10.1. The zero-order valence-electron chi connectivity index (χ0n) is 9.82. The molecular formula is C12H12N4O2. The molecule has 0 saturated carbocycles. The summed E-state index contributed by atoms with van der Waals surface area (Å²) < 4.78 is 0. The molecule has 2 aromatic heterocycles. The third-order valence-electron chi connectivity index (χ3n) is 2.37. The molecule has 92 valence electrons. The first-order valence-corrected chi connectivity index (χ1v) is 5.33. The van der Waals surface area contributed by atoms with Crippen molar-refractivity contribution in [2.24, 2.45) is 0 Å². The minimum atomic E-state index is -1.08. The van der Waals surface area contributed by atoms with Crippen LogP contribution in [0.25, 0.3) is 0 Å². The topological polar surface area (TPSA) is 79.2 Å². The van der Waals surface area contributed by atoms with Crippen molar-refractivity contribution in [2.45, 2.75) is 6.54 Å². The van der Waals surface area contributed by atoms with Gasteiger partial charge in [0, 0.05) is 13.2 Å². The highest BCUT2D eigenvalue weighted by atomic mass is 16.4. The van der Waals surface area contributed by atoms with Gasteiger partial charge in [-0.15, -0.1) is 0 Å². The van der Waals surface area contributed by atoms with Crippen molar-refractivity contribution in [3.05, 3.63) is 48.2 Å². The van der Waals surface area contributed by atoms with Gasteiger partial charge in [0.2, 0.25) is 0 Å². The van der Waals surface area contributed by atoms with Crippen molar-refractivity contribution in [1.82, 2.24) is 15.0 Å². The van der Waals surface area contributed by atoms with Crippen LogP contribution in [0.4, 0.5) is 5.82 Å². The lowest BCUT2D eigenvalue weighted by Crippen LogP contribution is -2.19. The molecule has 0 aliphatic carbocycles. The number of rotatable bonds is 4. The highest BCUT2D eigenvalue weighted by molar-refractivity contribution is 5.84. The van der Waals surface area contributed by atoms with Gasteiger partial charge >= 0.3 is 5.97 Å². The van der Waals surface area contributed by atoms with E-state index in [1.165, 1.54) is 12.4 Å². The lowest BCUT2D eigenvalue weighted by atomic mass is 10.3. The molecule has 6 nitrogen and oxygen atoms in total. The van der Waals surface area contributed by atoms with E-state index >= 15 is 0 Å². The first kappa shape index (κ1) is 12.0. The summed E-state index contributed by atoms with van der Waals surface area (Å²) in [4.78, 5) is 24.6. The predicted octanol–water partition coefficient (Wildman–Crippen LogP) is 1.21. The summed E-state index contributed by atoms with van der Waals surface area (Å²) in [7, 11) is 1.85. The minimum absolute atomic E-state index is 0.0648. The van der Waals surface area contributed by atoms with Crippen LogP contribution in [0, 0.1) is 0 Å². The summed E-state index contributed by atoms with van der Waals surface area (Å²) in [6.45, 7) is 0.585. The molecule has 0 saturated heterocycles. The molecule has 2 rings (SSSR count). The van der Waals surface area contributed by atoms with E-state index in [-0.39, 0.29) is 5.69 Å². The van der Waals surface area contributed by atoms with Crippen molar-refractivity contribution < 1.29 is 9.90 Å². The summed E-state index contributed by atoms with van der Waals surface area (Å²) in [6, 6.07) is 5.68. The number of pyridine rings is 1. The van der Waals surface area contributed by atoms with Crippen molar-refractivity contribution in [3.63, 3.8) is 0 Å². The zero-order valence-corrected chi connectivity index (χ0v) is 9.82. The molecule has 0 bridgehead atoms. The first-order valence-electron chi connectivity index (χ1n) is 5.33. The highest BCUT2D eigenvalue weighted by Gasteiger charge is 2.08. The Bertz CT molecular complexity index is 528. The Labute approximate surface area is 104 Å². The molecule has 0 aromatic carbocycles. The predicted molar refractivity (Wildman–Crippen MR) is 65.3 cm³/mol. The number of nitrogens with zero attached hydrogens (tertiary/aromatic N) is 4. The quantitative estimate of drug-likeness (QED) is 0.870. The molecule has 0 aliphatic heterocycles. The number of carboxylic acids is 1. The fraction of sp³-hybridized carbons (Fsp3) is 0.167. The van der Waals surface area contributed by atoms with E-state index in [1.54, 1.807) is 6.20 Å². The number of aromatic carboxylic acids is 1. The Morgan fingerprint density at radius 1 is 1.28 bits per heavy atom. The van der Waals surface area contributed by atoms with Gasteiger partial charge in [-0.1, -0.05) is 6.07 Å². The van der Waals surface area contributed by atoms with Crippen molar-refractivity contribution in [3.8, 4) is 0 Å². The van der Waals surface area contributed by atoms with Crippen LogP contribution in [0.5, 0.6) is 0 Å². The van der Waals surface area contributed by atoms with E-state index in [9.17, 15) is 4.79 Å². The molecule has 2 heterocycles. The second-order valence-electron chi connectivity index (χ2n) is 3.74. The number of hydrogen-bond acceptors (Lipinski definition) is 5. The highest BCUT2D eigenvalue weighted by Crippen LogP contribution is 2.10. The van der Waals surface area contributed by atoms with Crippen LogP contribution < -0.4 is 4.90 Å². The van der Waals surface area contributed by atoms with Crippen LogP contribution in [0.15, 0.2) is 36.8 Å². The van der Waals surface area contributed by atoms with E-state index in [4.69, 9.17) is 5.11 Å². The van der Waals surface area contributed by atoms with Gasteiger partial charge in [-0.05, 0) is 12.1 Å². The van der Waals surface area contributed by atoms with Crippen LogP contribution in [-0.4, -0.2) is 33.1 Å². The van der Waals surface area contributed by atoms with E-state index in [1.807, 2.05) is 30.1 Å². The van der Waals surface area contributed by atoms with Crippen LogP contribution in [0.2, 0.25) is 0 Å². The van der Waals surface area contributed by atoms with E-state index < -0.39 is 5.97 Å². The smallest absolute Gasteiger partial charge is 0.356 e. The van der Waals surface area contributed by atoms with Gasteiger partial charge in [-0.2, -0.15) is 0 Å². The molecule has 0 atom stereocenters. The second-order valence-corrected chi connectivity index (χ2v) is 3.74. The number of anilines is 1. The molecule has 0 amide bonds. The average Bonchev–Trinajstić information content (AvgIpc) is 2.40. The lowest BCUT2D eigenvalue weighted by Gasteiger charge is -2.16. The van der Waals surface area contributed by atoms with Crippen molar-refractivity contribution >= 4 is 11.8 Å². The molecule has 18 heavy (non-hydrogen) atoms. The van der Waals surface area contributed by atoms with Gasteiger partial charge in [0.1, 0.15) is 5.82 Å². The summed E-state index contributed by atoms with van der Waals surface area (Å²) in [6.07, 6.45) is 4.40. The summed E-state index contributed by atoms with van der Waals surface area (Å²) >= 11 is 0. The van der Waals surface area contributed by atoms with Gasteiger partial charge in [-0.25, -0.2) is 14.8 Å². The van der Waals surface area contributed by atoms with Gasteiger partial charge in [-0.3, -0.25) is 4.98 Å². The SMILES string of the molecule is CN(Cc1ccccn1)c1cnc(C(=O)O)cn1.